The molecule has 0 aliphatic carbocycles. The number of aromatic nitrogens is 4. The minimum atomic E-state index is -0.423. The number of hydrogen-bond donors (Lipinski definition) is 1. The second kappa shape index (κ2) is 12.7. The van der Waals surface area contributed by atoms with Crippen LogP contribution in [-0.2, 0) is 16.1 Å². The van der Waals surface area contributed by atoms with Crippen LogP contribution in [0.5, 0.6) is 17.2 Å². The maximum absolute atomic E-state index is 13.6. The molecular weight excluding hydrogens is 532 g/mol. The van der Waals surface area contributed by atoms with Crippen LogP contribution in [0.4, 0.5) is 5.95 Å². The lowest BCUT2D eigenvalue weighted by atomic mass is 9.96. The molecule has 220 valence electrons. The van der Waals surface area contributed by atoms with Gasteiger partial charge in [0.15, 0.2) is 17.8 Å². The highest BCUT2D eigenvalue weighted by molar-refractivity contribution is 5.93. The number of piperidine rings is 1. The van der Waals surface area contributed by atoms with E-state index in [-0.39, 0.29) is 11.5 Å². The van der Waals surface area contributed by atoms with Crippen LogP contribution < -0.4 is 30.1 Å². The molecular formula is C28H36N6O7. The highest BCUT2D eigenvalue weighted by Crippen LogP contribution is 2.41. The SMILES string of the molecule is COc1cc2c(=O)n(CC3CCN(c4ncc(C(=O)NO[C@H]5CCCCO5)cn4)CC3)c(C)nc2c(OC)c1OC. The first-order valence-corrected chi connectivity index (χ1v) is 13.8. The number of nitrogens with zero attached hydrogens (tertiary/aromatic N) is 5. The zero-order valence-corrected chi connectivity index (χ0v) is 23.8. The monoisotopic (exact) mass is 568 g/mol. The van der Waals surface area contributed by atoms with Gasteiger partial charge in [0, 0.05) is 45.1 Å². The number of nitrogens with one attached hydrogen (secondary N) is 1. The van der Waals surface area contributed by atoms with Crippen molar-refractivity contribution in [1.29, 1.82) is 0 Å². The topological polar surface area (TPSA) is 139 Å². The molecule has 2 aliphatic rings. The number of amides is 1. The number of hydroxylamine groups is 1. The Bertz CT molecular complexity index is 1430. The Balaban J connectivity index is 1.22. The molecule has 0 radical (unpaired) electrons. The van der Waals surface area contributed by atoms with E-state index in [1.54, 1.807) is 10.6 Å². The number of anilines is 1. The Morgan fingerprint density at radius 2 is 1.78 bits per heavy atom. The number of ether oxygens (including phenoxy) is 4. The fourth-order valence-corrected chi connectivity index (χ4v) is 5.30. The molecule has 4 heterocycles. The number of aryl methyl sites for hydroxylation is 1. The molecule has 1 aromatic carbocycles. The third-order valence-corrected chi connectivity index (χ3v) is 7.60. The molecule has 0 saturated carbocycles. The summed E-state index contributed by atoms with van der Waals surface area (Å²) in [5, 5.41) is 0.414. The highest BCUT2D eigenvalue weighted by atomic mass is 16.8. The molecule has 0 unspecified atom stereocenters. The van der Waals surface area contributed by atoms with Gasteiger partial charge >= 0.3 is 0 Å². The number of carbonyl (C=O) groups excluding carboxylic acids is 1. The molecule has 13 nitrogen and oxygen atoms in total. The number of fused-ring (bicyclic) bond motifs is 1. The Hall–Kier alpha value is -3.97. The summed E-state index contributed by atoms with van der Waals surface area (Å²) in [7, 11) is 4.55. The van der Waals surface area contributed by atoms with E-state index in [1.807, 2.05) is 6.92 Å². The summed E-state index contributed by atoms with van der Waals surface area (Å²) in [5.74, 6) is 2.20. The highest BCUT2D eigenvalue weighted by Gasteiger charge is 2.25. The van der Waals surface area contributed by atoms with Crippen molar-refractivity contribution in [3.63, 3.8) is 0 Å². The van der Waals surface area contributed by atoms with Crippen LogP contribution in [0.3, 0.4) is 0 Å². The first kappa shape index (κ1) is 28.6. The lowest BCUT2D eigenvalue weighted by Crippen LogP contribution is -2.38. The van der Waals surface area contributed by atoms with Gasteiger partial charge in [-0.15, -0.1) is 0 Å². The summed E-state index contributed by atoms with van der Waals surface area (Å²) in [4.78, 5) is 46.9. The molecule has 0 bridgehead atoms. The van der Waals surface area contributed by atoms with Crippen molar-refractivity contribution in [2.75, 3.05) is 45.9 Å². The molecule has 1 N–H and O–H groups in total. The van der Waals surface area contributed by atoms with E-state index >= 15 is 0 Å². The molecule has 3 aromatic rings. The van der Waals surface area contributed by atoms with Gasteiger partial charge in [-0.1, -0.05) is 0 Å². The van der Waals surface area contributed by atoms with Gasteiger partial charge in [0.1, 0.15) is 11.3 Å². The number of hydrogen-bond acceptors (Lipinski definition) is 11. The van der Waals surface area contributed by atoms with Gasteiger partial charge < -0.3 is 23.8 Å². The standard InChI is InChI=1S/C28H36N6O7/c1-17-31-23-20(13-21(37-2)24(38-3)25(23)39-4)27(36)34(17)16-18-8-10-33(11-9-18)28-29-14-19(15-30-28)26(35)32-41-22-7-5-6-12-40-22/h13-15,18,22H,5-12,16H2,1-4H3,(H,32,35)/t22-/m0/s1. The van der Waals surface area contributed by atoms with Crippen molar-refractivity contribution in [2.45, 2.75) is 51.9 Å². The molecule has 5 rings (SSSR count). The van der Waals surface area contributed by atoms with Crippen molar-refractivity contribution in [1.82, 2.24) is 25.0 Å². The van der Waals surface area contributed by atoms with Gasteiger partial charge in [-0.2, -0.15) is 0 Å². The van der Waals surface area contributed by atoms with Crippen LogP contribution in [0.1, 0.15) is 48.3 Å². The second-order valence-corrected chi connectivity index (χ2v) is 10.2. The molecule has 0 spiro atoms. The van der Waals surface area contributed by atoms with Crippen molar-refractivity contribution < 1.29 is 28.6 Å². The first-order valence-electron chi connectivity index (χ1n) is 13.8. The summed E-state index contributed by atoms with van der Waals surface area (Å²) < 4.78 is 23.6. The fourth-order valence-electron chi connectivity index (χ4n) is 5.30. The van der Waals surface area contributed by atoms with Crippen LogP contribution in [0.2, 0.25) is 0 Å². The fraction of sp³-hybridized carbons (Fsp3) is 0.536. The molecule has 2 fully saturated rings. The minimum Gasteiger partial charge on any atom is -0.493 e. The average Bonchev–Trinajstić information content (AvgIpc) is 3.02. The Morgan fingerprint density at radius 3 is 2.41 bits per heavy atom. The Kier molecular flexibility index (Phi) is 8.84. The van der Waals surface area contributed by atoms with Gasteiger partial charge in [-0.3, -0.25) is 14.2 Å². The normalized spacial score (nSPS) is 17.9. The van der Waals surface area contributed by atoms with Crippen LogP contribution in [0.15, 0.2) is 23.3 Å². The third-order valence-electron chi connectivity index (χ3n) is 7.60. The van der Waals surface area contributed by atoms with Crippen LogP contribution >= 0.6 is 0 Å². The lowest BCUT2D eigenvalue weighted by Gasteiger charge is -2.32. The van der Waals surface area contributed by atoms with E-state index in [4.69, 9.17) is 28.8 Å². The van der Waals surface area contributed by atoms with Crippen molar-refractivity contribution in [2.24, 2.45) is 5.92 Å². The van der Waals surface area contributed by atoms with E-state index in [9.17, 15) is 9.59 Å². The van der Waals surface area contributed by atoms with Gasteiger partial charge in [-0.05, 0) is 44.6 Å². The number of rotatable bonds is 9. The quantitative estimate of drug-likeness (QED) is 0.381. The van der Waals surface area contributed by atoms with Crippen molar-refractivity contribution in [3.8, 4) is 17.2 Å². The third kappa shape index (κ3) is 6.05. The Labute approximate surface area is 237 Å². The zero-order chi connectivity index (χ0) is 28.9. The van der Waals surface area contributed by atoms with Crippen molar-refractivity contribution >= 4 is 22.8 Å². The summed E-state index contributed by atoms with van der Waals surface area (Å²) in [5.41, 5.74) is 3.03. The molecule has 13 heteroatoms. The average molecular weight is 569 g/mol. The maximum Gasteiger partial charge on any atom is 0.278 e. The number of benzene rings is 1. The summed E-state index contributed by atoms with van der Waals surface area (Å²) >= 11 is 0. The second-order valence-electron chi connectivity index (χ2n) is 10.2. The summed E-state index contributed by atoms with van der Waals surface area (Å²) in [6, 6.07) is 1.65. The summed E-state index contributed by atoms with van der Waals surface area (Å²) in [6.45, 7) is 4.45. The first-order chi connectivity index (χ1) is 19.9. The Morgan fingerprint density at radius 1 is 1.05 bits per heavy atom. The predicted molar refractivity (Wildman–Crippen MR) is 150 cm³/mol. The molecule has 2 saturated heterocycles. The van der Waals surface area contributed by atoms with Crippen LogP contribution in [0, 0.1) is 12.8 Å². The summed E-state index contributed by atoms with van der Waals surface area (Å²) in [6.07, 6.45) is 7.01. The van der Waals surface area contributed by atoms with Gasteiger partial charge in [-0.25, -0.2) is 25.3 Å². The maximum atomic E-state index is 13.6. The smallest absolute Gasteiger partial charge is 0.278 e. The largest absolute Gasteiger partial charge is 0.493 e. The lowest BCUT2D eigenvalue weighted by molar-refractivity contribution is -0.186. The van der Waals surface area contributed by atoms with E-state index in [0.717, 1.165) is 45.2 Å². The van der Waals surface area contributed by atoms with E-state index in [2.05, 4.69) is 20.3 Å². The molecule has 1 amide bonds. The molecule has 41 heavy (non-hydrogen) atoms. The molecule has 2 aromatic heterocycles. The molecule has 2 aliphatic heterocycles. The van der Waals surface area contributed by atoms with Gasteiger partial charge in [0.25, 0.3) is 11.5 Å². The van der Waals surface area contributed by atoms with E-state index in [0.29, 0.717) is 58.6 Å². The van der Waals surface area contributed by atoms with E-state index < -0.39 is 12.2 Å². The van der Waals surface area contributed by atoms with Gasteiger partial charge in [0.2, 0.25) is 11.7 Å². The van der Waals surface area contributed by atoms with Gasteiger partial charge in [0.05, 0.1) is 32.3 Å². The van der Waals surface area contributed by atoms with Crippen molar-refractivity contribution in [3.05, 3.63) is 40.2 Å². The minimum absolute atomic E-state index is 0.148. The van der Waals surface area contributed by atoms with Crippen LogP contribution in [-0.4, -0.2) is 72.7 Å². The number of carbonyl (C=O) groups is 1. The predicted octanol–water partition coefficient (Wildman–Crippen LogP) is 2.63. The van der Waals surface area contributed by atoms with Crippen LogP contribution in [0.25, 0.3) is 10.9 Å². The zero-order valence-electron chi connectivity index (χ0n) is 23.8. The molecule has 1 atom stereocenters. The number of methoxy groups -OCH3 is 3. The van der Waals surface area contributed by atoms with E-state index in [1.165, 1.54) is 33.7 Å².